The van der Waals surface area contributed by atoms with Gasteiger partial charge in [0.25, 0.3) is 0 Å². The summed E-state index contributed by atoms with van der Waals surface area (Å²) in [6.45, 7) is 0.634. The van der Waals surface area contributed by atoms with Crippen molar-refractivity contribution in [3.63, 3.8) is 0 Å². The van der Waals surface area contributed by atoms with Gasteiger partial charge >= 0.3 is 5.97 Å². The lowest BCUT2D eigenvalue weighted by Gasteiger charge is -2.20. The third kappa shape index (κ3) is 3.29. The minimum absolute atomic E-state index is 0.201. The van der Waals surface area contributed by atoms with Gasteiger partial charge in [-0.15, -0.1) is 0 Å². The second-order valence-corrected chi connectivity index (χ2v) is 8.66. The SMILES string of the molecule is O=C(O)c1cc2ccccc2c2c1CNCc1c(-c3cc(F)c(F)c(F)c3)cc3ccccc3c1-2. The van der Waals surface area contributed by atoms with Crippen molar-refractivity contribution < 1.29 is 23.1 Å². The Morgan fingerprint density at radius 2 is 1.29 bits per heavy atom. The molecule has 1 aliphatic heterocycles. The summed E-state index contributed by atoms with van der Waals surface area (Å²) in [7, 11) is 0. The molecule has 0 radical (unpaired) electrons. The Kier molecular flexibility index (Phi) is 4.86. The first-order valence-corrected chi connectivity index (χ1v) is 11.1. The number of hydrogen-bond donors (Lipinski definition) is 2. The molecule has 6 rings (SSSR count). The standard InChI is InChI=1S/C29H18F3NO2/c30-24-11-17(12-25(31)28(24)32)20-9-15-5-1-3-7-18(15)26-22(20)13-33-14-23-21(29(34)35)10-16-6-2-4-8-19(16)27(23)26/h1-12,33H,13-14H2,(H,34,35). The summed E-state index contributed by atoms with van der Waals surface area (Å²) in [6.07, 6.45) is 0. The van der Waals surface area contributed by atoms with E-state index in [4.69, 9.17) is 0 Å². The molecule has 5 aromatic rings. The maximum absolute atomic E-state index is 14.2. The molecule has 35 heavy (non-hydrogen) atoms. The number of aromatic carboxylic acids is 1. The number of carbonyl (C=O) groups is 1. The average molecular weight is 469 g/mol. The van der Waals surface area contributed by atoms with Crippen molar-refractivity contribution in [3.8, 4) is 22.3 Å². The number of nitrogens with one attached hydrogen (secondary N) is 1. The minimum atomic E-state index is -1.51. The van der Waals surface area contributed by atoms with Crippen LogP contribution in [0.1, 0.15) is 21.5 Å². The first-order chi connectivity index (χ1) is 16.9. The monoisotopic (exact) mass is 469 g/mol. The molecule has 0 spiro atoms. The Morgan fingerprint density at radius 1 is 0.743 bits per heavy atom. The third-order valence-corrected chi connectivity index (χ3v) is 6.69. The van der Waals surface area contributed by atoms with Gasteiger partial charge in [0.1, 0.15) is 0 Å². The molecule has 0 amide bonds. The van der Waals surface area contributed by atoms with Crippen LogP contribution in [0.15, 0.2) is 72.8 Å². The molecular weight excluding hydrogens is 451 g/mol. The Balaban J connectivity index is 1.82. The molecular formula is C29H18F3NO2. The number of fused-ring (bicyclic) bond motifs is 7. The first kappa shape index (κ1) is 21.4. The summed E-state index contributed by atoms with van der Waals surface area (Å²) in [6, 6.07) is 20.7. The Bertz CT molecular complexity index is 1670. The maximum Gasteiger partial charge on any atom is 0.336 e. The zero-order valence-electron chi connectivity index (χ0n) is 18.3. The predicted molar refractivity (Wildman–Crippen MR) is 130 cm³/mol. The zero-order valence-corrected chi connectivity index (χ0v) is 18.3. The number of benzene rings is 5. The molecule has 1 heterocycles. The van der Waals surface area contributed by atoms with Crippen LogP contribution in [0.4, 0.5) is 13.2 Å². The van der Waals surface area contributed by atoms with E-state index in [0.717, 1.165) is 50.4 Å². The molecule has 6 heteroatoms. The fourth-order valence-corrected chi connectivity index (χ4v) is 5.19. The normalized spacial score (nSPS) is 12.9. The highest BCUT2D eigenvalue weighted by Crippen LogP contribution is 2.45. The largest absolute Gasteiger partial charge is 0.478 e. The van der Waals surface area contributed by atoms with Gasteiger partial charge in [-0.25, -0.2) is 18.0 Å². The van der Waals surface area contributed by atoms with Crippen LogP contribution >= 0.6 is 0 Å². The first-order valence-electron chi connectivity index (χ1n) is 11.1. The van der Waals surface area contributed by atoms with E-state index in [1.54, 1.807) is 6.07 Å². The predicted octanol–water partition coefficient (Wildman–Crippen LogP) is 7.05. The van der Waals surface area contributed by atoms with Gasteiger partial charge in [-0.05, 0) is 79.2 Å². The summed E-state index contributed by atoms with van der Waals surface area (Å²) in [4.78, 5) is 12.3. The van der Waals surface area contributed by atoms with Crippen molar-refractivity contribution in [1.82, 2.24) is 5.32 Å². The molecule has 1 aliphatic rings. The summed E-state index contributed by atoms with van der Waals surface area (Å²) in [5.41, 5.74) is 3.97. The summed E-state index contributed by atoms with van der Waals surface area (Å²) >= 11 is 0. The summed E-state index contributed by atoms with van der Waals surface area (Å²) in [5, 5.41) is 16.7. The second-order valence-electron chi connectivity index (χ2n) is 8.66. The van der Waals surface area contributed by atoms with Gasteiger partial charge in [0.15, 0.2) is 17.5 Å². The second kappa shape index (κ2) is 7.96. The van der Waals surface area contributed by atoms with Gasteiger partial charge in [-0.2, -0.15) is 0 Å². The highest BCUT2D eigenvalue weighted by Gasteiger charge is 2.27. The van der Waals surface area contributed by atoms with Crippen molar-refractivity contribution in [2.24, 2.45) is 0 Å². The number of carboxylic acids is 1. The van der Waals surface area contributed by atoms with E-state index in [1.807, 2.05) is 54.6 Å². The van der Waals surface area contributed by atoms with Crippen molar-refractivity contribution in [3.05, 3.63) is 107 Å². The quantitative estimate of drug-likeness (QED) is 0.273. The Labute approximate surface area is 198 Å². The Morgan fingerprint density at radius 3 is 1.91 bits per heavy atom. The number of carboxylic acid groups (broad SMARTS) is 1. The molecule has 5 aromatic carbocycles. The molecule has 0 atom stereocenters. The van der Waals surface area contributed by atoms with Crippen LogP contribution in [0.2, 0.25) is 0 Å². The van der Waals surface area contributed by atoms with Crippen LogP contribution in [0.5, 0.6) is 0 Å². The van der Waals surface area contributed by atoms with Crippen LogP contribution in [-0.4, -0.2) is 11.1 Å². The highest BCUT2D eigenvalue weighted by molar-refractivity contribution is 6.12. The van der Waals surface area contributed by atoms with Crippen molar-refractivity contribution in [1.29, 1.82) is 0 Å². The summed E-state index contributed by atoms with van der Waals surface area (Å²) in [5.74, 6) is -5.06. The van der Waals surface area contributed by atoms with E-state index in [1.165, 1.54) is 0 Å². The minimum Gasteiger partial charge on any atom is -0.478 e. The number of hydrogen-bond acceptors (Lipinski definition) is 2. The van der Waals surface area contributed by atoms with Crippen molar-refractivity contribution >= 4 is 27.5 Å². The van der Waals surface area contributed by atoms with Crippen LogP contribution < -0.4 is 5.32 Å². The fourth-order valence-electron chi connectivity index (χ4n) is 5.19. The van der Waals surface area contributed by atoms with E-state index >= 15 is 0 Å². The zero-order chi connectivity index (χ0) is 24.3. The number of rotatable bonds is 2. The maximum atomic E-state index is 14.2. The summed E-state index contributed by atoms with van der Waals surface area (Å²) < 4.78 is 42.2. The molecule has 0 fully saturated rings. The van der Waals surface area contributed by atoms with Gasteiger partial charge in [0, 0.05) is 13.1 Å². The Hall–Kier alpha value is -4.16. The topological polar surface area (TPSA) is 49.3 Å². The van der Waals surface area contributed by atoms with Crippen LogP contribution in [0, 0.1) is 17.5 Å². The molecule has 0 unspecified atom stereocenters. The third-order valence-electron chi connectivity index (χ3n) is 6.69. The van der Waals surface area contributed by atoms with Crippen LogP contribution in [0.3, 0.4) is 0 Å². The molecule has 0 aromatic heterocycles. The molecule has 3 nitrogen and oxygen atoms in total. The lowest BCUT2D eigenvalue weighted by atomic mass is 9.83. The molecule has 2 N–H and O–H groups in total. The molecule has 0 aliphatic carbocycles. The van der Waals surface area contributed by atoms with E-state index < -0.39 is 23.4 Å². The van der Waals surface area contributed by atoms with E-state index in [2.05, 4.69) is 5.32 Å². The van der Waals surface area contributed by atoms with Crippen molar-refractivity contribution in [2.75, 3.05) is 0 Å². The molecule has 0 saturated carbocycles. The van der Waals surface area contributed by atoms with Gasteiger partial charge in [-0.3, -0.25) is 0 Å². The van der Waals surface area contributed by atoms with Gasteiger partial charge in [0.05, 0.1) is 5.56 Å². The molecule has 172 valence electrons. The molecule has 0 saturated heterocycles. The lowest BCUT2D eigenvalue weighted by Crippen LogP contribution is -2.14. The average Bonchev–Trinajstić information content (AvgIpc) is 3.06. The van der Waals surface area contributed by atoms with Crippen LogP contribution in [-0.2, 0) is 13.1 Å². The van der Waals surface area contributed by atoms with Gasteiger partial charge in [0.2, 0.25) is 0 Å². The highest BCUT2D eigenvalue weighted by atomic mass is 19.2. The van der Waals surface area contributed by atoms with Gasteiger partial charge in [-0.1, -0.05) is 48.5 Å². The lowest BCUT2D eigenvalue weighted by molar-refractivity contribution is 0.0695. The van der Waals surface area contributed by atoms with E-state index in [9.17, 15) is 23.1 Å². The molecule has 0 bridgehead atoms. The van der Waals surface area contributed by atoms with E-state index in [0.29, 0.717) is 24.2 Å². The van der Waals surface area contributed by atoms with E-state index in [-0.39, 0.29) is 11.1 Å². The van der Waals surface area contributed by atoms with Gasteiger partial charge < -0.3 is 10.4 Å². The fraction of sp³-hybridized carbons (Fsp3) is 0.0690. The number of halogens is 3. The van der Waals surface area contributed by atoms with Crippen LogP contribution in [0.25, 0.3) is 43.8 Å². The van der Waals surface area contributed by atoms with Crippen molar-refractivity contribution in [2.45, 2.75) is 13.1 Å². The smallest absolute Gasteiger partial charge is 0.336 e.